The Morgan fingerprint density at radius 2 is 2.12 bits per heavy atom. The summed E-state index contributed by atoms with van der Waals surface area (Å²) in [6.45, 7) is 2.20. The molecule has 9 nitrogen and oxygen atoms in total. The number of carbonyl (C=O) groups excluding carboxylic acids is 2. The maximum atomic E-state index is 11.7. The lowest BCUT2D eigenvalue weighted by molar-refractivity contribution is -0.121. The van der Waals surface area contributed by atoms with E-state index in [-0.39, 0.29) is 12.4 Å². The van der Waals surface area contributed by atoms with E-state index in [4.69, 9.17) is 4.42 Å². The summed E-state index contributed by atoms with van der Waals surface area (Å²) in [5.41, 5.74) is 0.717. The van der Waals surface area contributed by atoms with Crippen molar-refractivity contribution in [2.45, 2.75) is 19.9 Å². The van der Waals surface area contributed by atoms with Crippen molar-refractivity contribution in [3.05, 3.63) is 30.3 Å². The molecule has 24 heavy (non-hydrogen) atoms. The predicted octanol–water partition coefficient (Wildman–Crippen LogP) is 1.32. The average Bonchev–Trinajstić information content (AvgIpc) is 3.18. The molecule has 0 saturated heterocycles. The first-order chi connectivity index (χ1) is 11.7. The van der Waals surface area contributed by atoms with Crippen LogP contribution in [0, 0.1) is 0 Å². The van der Waals surface area contributed by atoms with Crippen molar-refractivity contribution in [3.8, 4) is 11.6 Å². The zero-order valence-electron chi connectivity index (χ0n) is 13.0. The highest BCUT2D eigenvalue weighted by molar-refractivity contribution is 5.94. The zero-order chi connectivity index (χ0) is 16.9. The van der Waals surface area contributed by atoms with Crippen molar-refractivity contribution < 1.29 is 14.0 Å². The highest BCUT2D eigenvalue weighted by Crippen LogP contribution is 2.24. The number of hydrogen-bond acceptors (Lipinski definition) is 6. The summed E-state index contributed by atoms with van der Waals surface area (Å²) in [5, 5.41) is 17.4. The van der Waals surface area contributed by atoms with Crippen LogP contribution in [0.2, 0.25) is 0 Å². The number of hydrogen-bond donors (Lipinski definition) is 2. The van der Waals surface area contributed by atoms with Crippen LogP contribution >= 0.6 is 0 Å². The highest BCUT2D eigenvalue weighted by atomic mass is 16.3. The summed E-state index contributed by atoms with van der Waals surface area (Å²) < 4.78 is 5.64. The number of amides is 3. The Bertz CT molecular complexity index is 836. The zero-order valence-corrected chi connectivity index (χ0v) is 13.0. The van der Waals surface area contributed by atoms with Gasteiger partial charge in [-0.1, -0.05) is 25.1 Å². The number of nitrogens with one attached hydrogen (secondary N) is 2. The Labute approximate surface area is 137 Å². The molecule has 0 radical (unpaired) electrons. The third-order valence-electron chi connectivity index (χ3n) is 3.17. The first-order valence-corrected chi connectivity index (χ1v) is 7.50. The Morgan fingerprint density at radius 3 is 2.92 bits per heavy atom. The second-order valence-electron chi connectivity index (χ2n) is 5.10. The van der Waals surface area contributed by atoms with Gasteiger partial charge >= 0.3 is 6.03 Å². The number of fused-ring (bicyclic) bond motifs is 1. The van der Waals surface area contributed by atoms with Gasteiger partial charge in [-0.15, -0.1) is 10.2 Å². The van der Waals surface area contributed by atoms with Crippen molar-refractivity contribution in [2.75, 3.05) is 6.54 Å². The highest BCUT2D eigenvalue weighted by Gasteiger charge is 2.14. The number of tetrazole rings is 1. The third kappa shape index (κ3) is 3.57. The third-order valence-corrected chi connectivity index (χ3v) is 3.17. The molecule has 0 unspecified atom stereocenters. The van der Waals surface area contributed by atoms with Gasteiger partial charge in [-0.05, 0) is 23.8 Å². The smallest absolute Gasteiger partial charge is 0.321 e. The van der Waals surface area contributed by atoms with Crippen LogP contribution in [0.3, 0.4) is 0 Å². The van der Waals surface area contributed by atoms with Gasteiger partial charge in [-0.3, -0.25) is 10.1 Å². The monoisotopic (exact) mass is 328 g/mol. The van der Waals surface area contributed by atoms with Gasteiger partial charge in [0.25, 0.3) is 5.91 Å². The van der Waals surface area contributed by atoms with Crippen LogP contribution in [0.1, 0.15) is 13.3 Å². The number of para-hydroxylation sites is 1. The van der Waals surface area contributed by atoms with Gasteiger partial charge < -0.3 is 9.73 Å². The first kappa shape index (κ1) is 15.7. The van der Waals surface area contributed by atoms with E-state index in [1.807, 2.05) is 31.2 Å². The van der Waals surface area contributed by atoms with Gasteiger partial charge in [0, 0.05) is 11.9 Å². The van der Waals surface area contributed by atoms with E-state index in [2.05, 4.69) is 26.0 Å². The summed E-state index contributed by atoms with van der Waals surface area (Å²) >= 11 is 0. The van der Waals surface area contributed by atoms with E-state index in [1.165, 1.54) is 0 Å². The number of aromatic nitrogens is 4. The molecule has 0 spiro atoms. The van der Waals surface area contributed by atoms with Gasteiger partial charge in [0.2, 0.25) is 5.82 Å². The molecule has 3 aromatic rings. The molecular formula is C15H16N6O3. The molecule has 124 valence electrons. The summed E-state index contributed by atoms with van der Waals surface area (Å²) in [6.07, 6.45) is 0.785. The van der Waals surface area contributed by atoms with Crippen molar-refractivity contribution in [2.24, 2.45) is 0 Å². The maximum absolute atomic E-state index is 11.7. The molecule has 0 bridgehead atoms. The van der Waals surface area contributed by atoms with Crippen LogP contribution in [0.25, 0.3) is 22.6 Å². The molecule has 0 aliphatic carbocycles. The van der Waals surface area contributed by atoms with E-state index < -0.39 is 11.9 Å². The minimum Gasteiger partial charge on any atom is -0.453 e. The van der Waals surface area contributed by atoms with Crippen LogP contribution in [-0.4, -0.2) is 38.7 Å². The summed E-state index contributed by atoms with van der Waals surface area (Å²) in [6, 6.07) is 8.78. The second kappa shape index (κ2) is 6.90. The minimum absolute atomic E-state index is 0.216. The number of benzene rings is 1. The molecule has 0 aliphatic rings. The topological polar surface area (TPSA) is 115 Å². The van der Waals surface area contributed by atoms with Crippen molar-refractivity contribution in [3.63, 3.8) is 0 Å². The lowest BCUT2D eigenvalue weighted by atomic mass is 10.2. The summed E-state index contributed by atoms with van der Waals surface area (Å²) in [7, 11) is 0. The number of carbonyl (C=O) groups is 2. The molecule has 3 amide bonds. The Morgan fingerprint density at radius 1 is 1.29 bits per heavy atom. The summed E-state index contributed by atoms with van der Waals surface area (Å²) in [5.74, 6) is 0.204. The number of furan rings is 1. The average molecular weight is 328 g/mol. The van der Waals surface area contributed by atoms with Crippen LogP contribution in [0.5, 0.6) is 0 Å². The summed E-state index contributed by atoms with van der Waals surface area (Å²) in [4.78, 5) is 24.3. The molecule has 1 aromatic carbocycles. The van der Waals surface area contributed by atoms with E-state index >= 15 is 0 Å². The Balaban J connectivity index is 1.65. The molecule has 2 N–H and O–H groups in total. The largest absolute Gasteiger partial charge is 0.453 e. The van der Waals surface area contributed by atoms with Crippen molar-refractivity contribution in [1.29, 1.82) is 0 Å². The molecular weight excluding hydrogens is 312 g/mol. The Hall–Kier alpha value is -3.23. The molecule has 0 aliphatic heterocycles. The van der Waals surface area contributed by atoms with Crippen LogP contribution in [-0.2, 0) is 11.3 Å². The van der Waals surface area contributed by atoms with E-state index in [0.29, 0.717) is 17.9 Å². The second-order valence-corrected chi connectivity index (χ2v) is 5.10. The van der Waals surface area contributed by atoms with Crippen LogP contribution in [0.15, 0.2) is 34.7 Å². The number of nitrogens with zero attached hydrogens (tertiary/aromatic N) is 4. The van der Waals surface area contributed by atoms with E-state index in [9.17, 15) is 9.59 Å². The van der Waals surface area contributed by atoms with E-state index in [1.54, 1.807) is 6.07 Å². The fraction of sp³-hybridized carbons (Fsp3) is 0.267. The predicted molar refractivity (Wildman–Crippen MR) is 84.9 cm³/mol. The van der Waals surface area contributed by atoms with E-state index in [0.717, 1.165) is 16.6 Å². The molecule has 3 rings (SSSR count). The van der Waals surface area contributed by atoms with Crippen molar-refractivity contribution in [1.82, 2.24) is 30.8 Å². The fourth-order valence-corrected chi connectivity index (χ4v) is 2.08. The number of urea groups is 1. The van der Waals surface area contributed by atoms with Gasteiger partial charge in [0.15, 0.2) is 5.76 Å². The maximum Gasteiger partial charge on any atom is 0.321 e. The fourth-order valence-electron chi connectivity index (χ4n) is 2.08. The SMILES string of the molecule is CCCNC(=O)NC(=O)Cn1nnc(-c2cc3ccccc3o2)n1. The Kier molecular flexibility index (Phi) is 4.50. The molecule has 0 saturated carbocycles. The normalized spacial score (nSPS) is 10.7. The molecule has 0 fully saturated rings. The quantitative estimate of drug-likeness (QED) is 0.730. The van der Waals surface area contributed by atoms with Crippen LogP contribution < -0.4 is 10.6 Å². The molecule has 2 aromatic heterocycles. The van der Waals surface area contributed by atoms with Crippen molar-refractivity contribution >= 4 is 22.9 Å². The molecule has 9 heteroatoms. The molecule has 0 atom stereocenters. The lowest BCUT2D eigenvalue weighted by Gasteiger charge is -2.04. The molecule has 2 heterocycles. The number of rotatable bonds is 5. The van der Waals surface area contributed by atoms with Gasteiger partial charge in [0.1, 0.15) is 12.1 Å². The standard InChI is InChI=1S/C15H16N6O3/c1-2-7-16-15(23)17-13(22)9-21-19-14(18-20-21)12-8-10-5-3-4-6-11(10)24-12/h3-6,8H,2,7,9H2,1H3,(H2,16,17,22,23). The minimum atomic E-state index is -0.542. The van der Waals surface area contributed by atoms with Gasteiger partial charge in [-0.25, -0.2) is 4.79 Å². The van der Waals surface area contributed by atoms with Crippen LogP contribution in [0.4, 0.5) is 4.79 Å². The van der Waals surface area contributed by atoms with Gasteiger partial charge in [-0.2, -0.15) is 4.80 Å². The number of imide groups is 1. The first-order valence-electron chi connectivity index (χ1n) is 7.50. The lowest BCUT2D eigenvalue weighted by Crippen LogP contribution is -2.41. The van der Waals surface area contributed by atoms with Gasteiger partial charge in [0.05, 0.1) is 0 Å².